The van der Waals surface area contributed by atoms with E-state index in [0.29, 0.717) is 10.8 Å². The Morgan fingerprint density at radius 1 is 1.36 bits per heavy atom. The molecule has 3 nitrogen and oxygen atoms in total. The van der Waals surface area contributed by atoms with E-state index in [1.807, 2.05) is 13.0 Å². The molecule has 0 aliphatic heterocycles. The molecule has 0 bridgehead atoms. The van der Waals surface area contributed by atoms with E-state index in [1.54, 1.807) is 24.3 Å². The fourth-order valence-corrected chi connectivity index (χ4v) is 1.57. The van der Waals surface area contributed by atoms with E-state index in [4.69, 9.17) is 11.6 Å². The third kappa shape index (κ3) is 1.46. The van der Waals surface area contributed by atoms with Crippen molar-refractivity contribution in [2.75, 3.05) is 0 Å². The van der Waals surface area contributed by atoms with Gasteiger partial charge in [-0.05, 0) is 25.1 Å². The second-order valence-corrected chi connectivity index (χ2v) is 3.40. The fraction of sp³-hybridized carbons (Fsp3) is 0.100. The van der Waals surface area contributed by atoms with Crippen LogP contribution in [0.4, 0.5) is 0 Å². The number of hydrogen-bond donors (Lipinski definition) is 1. The van der Waals surface area contributed by atoms with E-state index in [0.717, 1.165) is 5.69 Å². The first kappa shape index (κ1) is 9.09. The fourth-order valence-electron chi connectivity index (χ4n) is 1.28. The maximum absolute atomic E-state index is 9.58. The van der Waals surface area contributed by atoms with Gasteiger partial charge in [-0.15, -0.1) is 0 Å². The van der Waals surface area contributed by atoms with E-state index < -0.39 is 0 Å². The molecule has 2 aromatic rings. The summed E-state index contributed by atoms with van der Waals surface area (Å²) >= 11 is 5.94. The maximum atomic E-state index is 9.58. The van der Waals surface area contributed by atoms with Crippen molar-refractivity contribution in [1.29, 1.82) is 0 Å². The maximum Gasteiger partial charge on any atom is 0.141 e. The molecule has 1 aromatic carbocycles. The van der Waals surface area contributed by atoms with E-state index in [-0.39, 0.29) is 5.75 Å². The molecule has 0 spiro atoms. The lowest BCUT2D eigenvalue weighted by Gasteiger charge is -2.04. The molecule has 1 aromatic heterocycles. The smallest absolute Gasteiger partial charge is 0.141 e. The van der Waals surface area contributed by atoms with Crippen molar-refractivity contribution in [2.24, 2.45) is 0 Å². The van der Waals surface area contributed by atoms with Crippen molar-refractivity contribution in [1.82, 2.24) is 9.78 Å². The Balaban J connectivity index is 2.60. The molecule has 0 radical (unpaired) electrons. The molecule has 0 aliphatic rings. The van der Waals surface area contributed by atoms with E-state index in [9.17, 15) is 5.11 Å². The largest absolute Gasteiger partial charge is 0.506 e. The molecule has 0 saturated carbocycles. The molecule has 0 saturated heterocycles. The molecular weight excluding hydrogens is 200 g/mol. The van der Waals surface area contributed by atoms with Crippen LogP contribution in [-0.2, 0) is 0 Å². The van der Waals surface area contributed by atoms with Gasteiger partial charge in [0, 0.05) is 0 Å². The first-order valence-corrected chi connectivity index (χ1v) is 4.57. The van der Waals surface area contributed by atoms with Crippen LogP contribution in [0.5, 0.6) is 5.75 Å². The van der Waals surface area contributed by atoms with Crippen molar-refractivity contribution < 1.29 is 5.11 Å². The highest BCUT2D eigenvalue weighted by atomic mass is 35.5. The molecular formula is C10H9ClN2O. The van der Waals surface area contributed by atoms with Gasteiger partial charge in [-0.25, -0.2) is 4.68 Å². The number of para-hydroxylation sites is 2. The molecule has 2 rings (SSSR count). The summed E-state index contributed by atoms with van der Waals surface area (Å²) in [5, 5.41) is 14.2. The molecule has 0 amide bonds. The Labute approximate surface area is 86.6 Å². The summed E-state index contributed by atoms with van der Waals surface area (Å²) in [7, 11) is 0. The predicted molar refractivity (Wildman–Crippen MR) is 55.0 cm³/mol. The summed E-state index contributed by atoms with van der Waals surface area (Å²) in [6.07, 6.45) is 0. The van der Waals surface area contributed by atoms with Gasteiger partial charge in [-0.2, -0.15) is 5.10 Å². The van der Waals surface area contributed by atoms with Crippen LogP contribution in [0.1, 0.15) is 5.69 Å². The highest BCUT2D eigenvalue weighted by Gasteiger charge is 2.08. The standard InChI is InChI=1S/C10H9ClN2O/c1-7-6-10(11)13(12-7)8-4-2-3-5-9(8)14/h2-6,14H,1H3. The Morgan fingerprint density at radius 3 is 2.64 bits per heavy atom. The topological polar surface area (TPSA) is 38.0 Å². The number of nitrogens with zero attached hydrogens (tertiary/aromatic N) is 2. The predicted octanol–water partition coefficient (Wildman–Crippen LogP) is 2.54. The first-order valence-electron chi connectivity index (χ1n) is 4.19. The van der Waals surface area contributed by atoms with Crippen molar-refractivity contribution >= 4 is 11.6 Å². The van der Waals surface area contributed by atoms with Gasteiger partial charge in [0.25, 0.3) is 0 Å². The normalized spacial score (nSPS) is 10.4. The highest BCUT2D eigenvalue weighted by Crippen LogP contribution is 2.24. The van der Waals surface area contributed by atoms with Gasteiger partial charge in [-0.3, -0.25) is 0 Å². The van der Waals surface area contributed by atoms with Gasteiger partial charge in [0.15, 0.2) is 0 Å². The van der Waals surface area contributed by atoms with Crippen molar-refractivity contribution in [3.05, 3.63) is 41.2 Å². The van der Waals surface area contributed by atoms with Crippen LogP contribution < -0.4 is 0 Å². The minimum atomic E-state index is 0.164. The van der Waals surface area contributed by atoms with E-state index >= 15 is 0 Å². The first-order chi connectivity index (χ1) is 6.68. The Morgan fingerprint density at radius 2 is 2.07 bits per heavy atom. The third-order valence-corrected chi connectivity index (χ3v) is 2.17. The summed E-state index contributed by atoms with van der Waals surface area (Å²) < 4.78 is 1.51. The summed E-state index contributed by atoms with van der Waals surface area (Å²) in [6.45, 7) is 1.85. The molecule has 4 heteroatoms. The summed E-state index contributed by atoms with van der Waals surface area (Å²) in [4.78, 5) is 0. The number of hydrogen-bond acceptors (Lipinski definition) is 2. The summed E-state index contributed by atoms with van der Waals surface area (Å²) in [6, 6.07) is 8.68. The van der Waals surface area contributed by atoms with Crippen molar-refractivity contribution in [3.63, 3.8) is 0 Å². The van der Waals surface area contributed by atoms with Gasteiger partial charge < -0.3 is 5.11 Å². The van der Waals surface area contributed by atoms with Crippen molar-refractivity contribution in [2.45, 2.75) is 6.92 Å². The number of phenolic OH excluding ortho intramolecular Hbond substituents is 1. The van der Waals surface area contributed by atoms with Crippen LogP contribution in [0.2, 0.25) is 5.15 Å². The number of aryl methyl sites for hydroxylation is 1. The molecule has 0 atom stereocenters. The van der Waals surface area contributed by atoms with Gasteiger partial charge >= 0.3 is 0 Å². The van der Waals surface area contributed by atoms with Gasteiger partial charge in [0.2, 0.25) is 0 Å². The Kier molecular flexibility index (Phi) is 2.17. The van der Waals surface area contributed by atoms with E-state index in [1.165, 1.54) is 4.68 Å². The van der Waals surface area contributed by atoms with Crippen LogP contribution in [-0.4, -0.2) is 14.9 Å². The molecule has 0 aliphatic carbocycles. The molecule has 1 heterocycles. The molecule has 72 valence electrons. The minimum absolute atomic E-state index is 0.164. The minimum Gasteiger partial charge on any atom is -0.506 e. The lowest BCUT2D eigenvalue weighted by Crippen LogP contribution is -1.96. The second kappa shape index (κ2) is 3.35. The average molecular weight is 209 g/mol. The van der Waals surface area contributed by atoms with Crippen LogP contribution in [0.3, 0.4) is 0 Å². The summed E-state index contributed by atoms with van der Waals surface area (Å²) in [5.74, 6) is 0.164. The highest BCUT2D eigenvalue weighted by molar-refractivity contribution is 6.29. The summed E-state index contributed by atoms with van der Waals surface area (Å²) in [5.41, 5.74) is 1.41. The van der Waals surface area contributed by atoms with Crippen LogP contribution in [0, 0.1) is 6.92 Å². The Hall–Kier alpha value is -1.48. The van der Waals surface area contributed by atoms with Gasteiger partial charge in [-0.1, -0.05) is 23.7 Å². The lowest BCUT2D eigenvalue weighted by molar-refractivity contribution is 0.470. The van der Waals surface area contributed by atoms with Crippen LogP contribution >= 0.6 is 11.6 Å². The Bertz CT molecular complexity index is 465. The zero-order valence-corrected chi connectivity index (χ0v) is 8.36. The van der Waals surface area contributed by atoms with Crippen LogP contribution in [0.25, 0.3) is 5.69 Å². The SMILES string of the molecule is Cc1cc(Cl)n(-c2ccccc2O)n1. The average Bonchev–Trinajstić information content (AvgIpc) is 2.46. The molecule has 0 unspecified atom stereocenters. The number of aromatic hydroxyl groups is 1. The number of benzene rings is 1. The van der Waals surface area contributed by atoms with Gasteiger partial charge in [0.1, 0.15) is 16.6 Å². The lowest BCUT2D eigenvalue weighted by atomic mass is 10.3. The number of phenols is 1. The van der Waals surface area contributed by atoms with Gasteiger partial charge in [0.05, 0.1) is 5.69 Å². The number of rotatable bonds is 1. The number of halogens is 1. The molecule has 14 heavy (non-hydrogen) atoms. The van der Waals surface area contributed by atoms with Crippen molar-refractivity contribution in [3.8, 4) is 11.4 Å². The molecule has 0 fully saturated rings. The quantitative estimate of drug-likeness (QED) is 0.782. The van der Waals surface area contributed by atoms with Crippen LogP contribution in [0.15, 0.2) is 30.3 Å². The monoisotopic (exact) mass is 208 g/mol. The van der Waals surface area contributed by atoms with E-state index in [2.05, 4.69) is 5.10 Å². The number of aromatic nitrogens is 2. The second-order valence-electron chi connectivity index (χ2n) is 3.01. The zero-order chi connectivity index (χ0) is 10.1. The zero-order valence-electron chi connectivity index (χ0n) is 7.61. The third-order valence-electron chi connectivity index (χ3n) is 1.90. The molecule has 1 N–H and O–H groups in total.